The van der Waals surface area contributed by atoms with Crippen LogP contribution < -0.4 is 0 Å². The van der Waals surface area contributed by atoms with Crippen LogP contribution in [0.5, 0.6) is 0 Å². The SMILES string of the molecule is C[C@H]1Cc2ccccc2C2CCCC(C(=O)OC(c3ccccc3)c3ccccc3)N2C1=O. The summed E-state index contributed by atoms with van der Waals surface area (Å²) in [4.78, 5) is 29.0. The van der Waals surface area contributed by atoms with Crippen LogP contribution >= 0.6 is 0 Å². The van der Waals surface area contributed by atoms with Gasteiger partial charge in [0.1, 0.15) is 6.04 Å². The molecule has 5 rings (SSSR count). The fourth-order valence-electron chi connectivity index (χ4n) is 5.34. The van der Waals surface area contributed by atoms with E-state index in [-0.39, 0.29) is 23.8 Å². The van der Waals surface area contributed by atoms with Gasteiger partial charge in [-0.2, -0.15) is 0 Å². The Balaban J connectivity index is 1.48. The molecule has 2 aliphatic rings. The largest absolute Gasteiger partial charge is 0.451 e. The van der Waals surface area contributed by atoms with E-state index in [9.17, 15) is 9.59 Å². The monoisotopic (exact) mass is 439 g/mol. The maximum atomic E-state index is 13.7. The molecule has 3 aromatic carbocycles. The van der Waals surface area contributed by atoms with E-state index >= 15 is 0 Å². The van der Waals surface area contributed by atoms with Crippen LogP contribution in [0, 0.1) is 5.92 Å². The van der Waals surface area contributed by atoms with Gasteiger partial charge >= 0.3 is 5.97 Å². The molecule has 0 saturated carbocycles. The summed E-state index contributed by atoms with van der Waals surface area (Å²) < 4.78 is 6.19. The molecule has 0 radical (unpaired) electrons. The van der Waals surface area contributed by atoms with Crippen molar-refractivity contribution in [3.63, 3.8) is 0 Å². The molecule has 0 aromatic heterocycles. The molecule has 0 N–H and O–H groups in total. The minimum Gasteiger partial charge on any atom is -0.451 e. The second kappa shape index (κ2) is 9.22. The van der Waals surface area contributed by atoms with E-state index in [1.165, 1.54) is 11.1 Å². The first-order valence-corrected chi connectivity index (χ1v) is 11.8. The molecule has 1 amide bonds. The zero-order valence-corrected chi connectivity index (χ0v) is 18.9. The average molecular weight is 440 g/mol. The molecule has 0 spiro atoms. The van der Waals surface area contributed by atoms with Gasteiger partial charge in [0.25, 0.3) is 0 Å². The van der Waals surface area contributed by atoms with Gasteiger partial charge in [-0.15, -0.1) is 0 Å². The molecule has 4 nitrogen and oxygen atoms in total. The molecular formula is C29H29NO3. The molecule has 3 aromatic rings. The average Bonchev–Trinajstić information content (AvgIpc) is 2.97. The van der Waals surface area contributed by atoms with E-state index in [1.54, 1.807) is 0 Å². The number of piperidine rings is 1. The van der Waals surface area contributed by atoms with Crippen LogP contribution in [-0.2, 0) is 20.7 Å². The van der Waals surface area contributed by atoms with Crippen molar-refractivity contribution in [2.75, 3.05) is 0 Å². The minimum absolute atomic E-state index is 0.0498. The Morgan fingerprint density at radius 1 is 0.879 bits per heavy atom. The second-order valence-corrected chi connectivity index (χ2v) is 9.15. The lowest BCUT2D eigenvalue weighted by Crippen LogP contribution is -2.51. The minimum atomic E-state index is -0.570. The predicted molar refractivity (Wildman–Crippen MR) is 127 cm³/mol. The van der Waals surface area contributed by atoms with Crippen molar-refractivity contribution < 1.29 is 14.3 Å². The first-order valence-electron chi connectivity index (χ1n) is 11.8. The number of benzene rings is 3. The molecule has 1 fully saturated rings. The fraction of sp³-hybridized carbons (Fsp3) is 0.310. The van der Waals surface area contributed by atoms with E-state index in [1.807, 2.05) is 84.6 Å². The Kier molecular flexibility index (Phi) is 5.99. The number of ether oxygens (including phenoxy) is 1. The summed E-state index contributed by atoms with van der Waals surface area (Å²) in [6.45, 7) is 1.97. The van der Waals surface area contributed by atoms with Gasteiger partial charge in [-0.25, -0.2) is 4.79 Å². The van der Waals surface area contributed by atoms with E-state index in [2.05, 4.69) is 12.1 Å². The smallest absolute Gasteiger partial charge is 0.329 e. The number of carbonyl (C=O) groups is 2. The maximum Gasteiger partial charge on any atom is 0.329 e. The predicted octanol–water partition coefficient (Wildman–Crippen LogP) is 5.63. The zero-order valence-electron chi connectivity index (χ0n) is 18.9. The lowest BCUT2D eigenvalue weighted by molar-refractivity contribution is -0.164. The topological polar surface area (TPSA) is 46.6 Å². The van der Waals surface area contributed by atoms with Crippen molar-refractivity contribution in [3.05, 3.63) is 107 Å². The first-order chi connectivity index (χ1) is 16.1. The number of fused-ring (bicyclic) bond motifs is 3. The number of carbonyl (C=O) groups excluding carboxylic acids is 2. The number of hydrogen-bond donors (Lipinski definition) is 0. The van der Waals surface area contributed by atoms with Gasteiger partial charge in [-0.1, -0.05) is 91.9 Å². The van der Waals surface area contributed by atoms with Crippen LogP contribution in [-0.4, -0.2) is 22.8 Å². The summed E-state index contributed by atoms with van der Waals surface area (Å²) >= 11 is 0. The molecule has 0 bridgehead atoms. The summed E-state index contributed by atoms with van der Waals surface area (Å²) in [5.74, 6) is -0.435. The number of amides is 1. The first kappa shape index (κ1) is 21.4. The highest BCUT2D eigenvalue weighted by molar-refractivity contribution is 5.87. The third-order valence-electron chi connectivity index (χ3n) is 6.95. The van der Waals surface area contributed by atoms with Gasteiger partial charge in [0, 0.05) is 5.92 Å². The maximum absolute atomic E-state index is 13.7. The van der Waals surface area contributed by atoms with Gasteiger partial charge in [0.05, 0.1) is 6.04 Å². The number of nitrogens with zero attached hydrogens (tertiary/aromatic N) is 1. The van der Waals surface area contributed by atoms with Gasteiger partial charge in [-0.3, -0.25) is 4.79 Å². The quantitative estimate of drug-likeness (QED) is 0.495. The van der Waals surface area contributed by atoms with Gasteiger partial charge in [0.2, 0.25) is 5.91 Å². The van der Waals surface area contributed by atoms with Crippen molar-refractivity contribution in [2.24, 2.45) is 5.92 Å². The Morgan fingerprint density at radius 3 is 2.15 bits per heavy atom. The third kappa shape index (κ3) is 4.18. The zero-order chi connectivity index (χ0) is 22.8. The number of hydrogen-bond acceptors (Lipinski definition) is 3. The van der Waals surface area contributed by atoms with Crippen LogP contribution in [0.15, 0.2) is 84.9 Å². The normalized spacial score (nSPS) is 22.3. The van der Waals surface area contributed by atoms with Crippen LogP contribution in [0.4, 0.5) is 0 Å². The highest BCUT2D eigenvalue weighted by Crippen LogP contribution is 2.41. The summed E-state index contributed by atoms with van der Waals surface area (Å²) in [5.41, 5.74) is 4.23. The molecule has 1 saturated heterocycles. The van der Waals surface area contributed by atoms with Crippen molar-refractivity contribution in [1.82, 2.24) is 4.90 Å². The van der Waals surface area contributed by atoms with E-state index in [4.69, 9.17) is 4.74 Å². The molecule has 33 heavy (non-hydrogen) atoms. The van der Waals surface area contributed by atoms with Crippen molar-refractivity contribution in [1.29, 1.82) is 0 Å². The highest BCUT2D eigenvalue weighted by atomic mass is 16.5. The summed E-state index contributed by atoms with van der Waals surface area (Å²) in [7, 11) is 0. The molecule has 0 aliphatic carbocycles. The molecular weight excluding hydrogens is 410 g/mol. The summed E-state index contributed by atoms with van der Waals surface area (Å²) in [5, 5.41) is 0. The van der Waals surface area contributed by atoms with Gasteiger partial charge < -0.3 is 9.64 Å². The molecule has 2 heterocycles. The lowest BCUT2D eigenvalue weighted by atomic mass is 9.89. The number of rotatable bonds is 4. The van der Waals surface area contributed by atoms with Crippen molar-refractivity contribution in [3.8, 4) is 0 Å². The Hall–Kier alpha value is -3.40. The van der Waals surface area contributed by atoms with Crippen molar-refractivity contribution >= 4 is 11.9 Å². The fourth-order valence-corrected chi connectivity index (χ4v) is 5.34. The summed E-state index contributed by atoms with van der Waals surface area (Å²) in [6, 6.07) is 27.3. The Bertz CT molecular complexity index is 1090. The lowest BCUT2D eigenvalue weighted by Gasteiger charge is -2.41. The summed E-state index contributed by atoms with van der Waals surface area (Å²) in [6.07, 6.45) is 2.59. The van der Waals surface area contributed by atoms with Crippen LogP contribution in [0.1, 0.15) is 60.6 Å². The standard InChI is InChI=1S/C29H29NO3/c1-20-19-23-15-8-9-16-24(23)25-17-10-18-26(30(25)28(20)31)29(32)33-27(21-11-4-2-5-12-21)22-13-6-3-7-14-22/h2-9,11-16,20,25-27H,10,17-19H2,1H3/t20-,25?,26?/m0/s1. The van der Waals surface area contributed by atoms with E-state index in [0.29, 0.717) is 12.8 Å². The highest BCUT2D eigenvalue weighted by Gasteiger charge is 2.44. The molecule has 2 unspecified atom stereocenters. The molecule has 168 valence electrons. The van der Waals surface area contributed by atoms with Crippen LogP contribution in [0.25, 0.3) is 0 Å². The van der Waals surface area contributed by atoms with Gasteiger partial charge in [0.15, 0.2) is 6.10 Å². The molecule has 3 atom stereocenters. The van der Waals surface area contributed by atoms with Gasteiger partial charge in [-0.05, 0) is 47.9 Å². The molecule has 4 heteroatoms. The molecule has 2 aliphatic heterocycles. The van der Waals surface area contributed by atoms with Crippen molar-refractivity contribution in [2.45, 2.75) is 50.8 Å². The third-order valence-corrected chi connectivity index (χ3v) is 6.95. The van der Waals surface area contributed by atoms with Crippen LogP contribution in [0.3, 0.4) is 0 Å². The second-order valence-electron chi connectivity index (χ2n) is 9.15. The Labute approximate surface area is 195 Å². The van der Waals surface area contributed by atoms with E-state index < -0.39 is 12.1 Å². The Morgan fingerprint density at radius 2 is 1.48 bits per heavy atom. The number of esters is 1. The van der Waals surface area contributed by atoms with E-state index in [0.717, 1.165) is 24.0 Å². The van der Waals surface area contributed by atoms with Crippen LogP contribution in [0.2, 0.25) is 0 Å².